The highest BCUT2D eigenvalue weighted by Gasteiger charge is 2.30. The van der Waals surface area contributed by atoms with Gasteiger partial charge < -0.3 is 14.8 Å². The van der Waals surface area contributed by atoms with Crippen molar-refractivity contribution in [2.24, 2.45) is 11.8 Å². The topological polar surface area (TPSA) is 64.6 Å². The van der Waals surface area contributed by atoms with Crippen LogP contribution in [-0.2, 0) is 20.7 Å². The largest absolute Gasteiger partial charge is 0.468 e. The lowest BCUT2D eigenvalue weighted by molar-refractivity contribution is -0.143. The SMILES string of the molecule is COC(=O)c1ccc(CCC2CCNC(=S)C(C(=O)OC)C2)s1. The summed E-state index contributed by atoms with van der Waals surface area (Å²) in [6, 6.07) is 3.77. The Hall–Kier alpha value is -1.47. The highest BCUT2D eigenvalue weighted by molar-refractivity contribution is 7.80. The number of carbonyl (C=O) groups is 2. The average molecular weight is 355 g/mol. The van der Waals surface area contributed by atoms with Crippen LogP contribution in [0.2, 0.25) is 0 Å². The Bertz CT molecular complexity index is 584. The van der Waals surface area contributed by atoms with Crippen molar-refractivity contribution in [1.82, 2.24) is 5.32 Å². The Kier molecular flexibility index (Phi) is 6.53. The quantitative estimate of drug-likeness (QED) is 0.647. The fraction of sp³-hybridized carbons (Fsp3) is 0.562. The summed E-state index contributed by atoms with van der Waals surface area (Å²) in [7, 11) is 2.78. The van der Waals surface area contributed by atoms with Gasteiger partial charge in [0.2, 0.25) is 0 Å². The number of aryl methyl sites for hydroxylation is 1. The van der Waals surface area contributed by atoms with E-state index in [0.717, 1.165) is 30.7 Å². The van der Waals surface area contributed by atoms with Gasteiger partial charge in [-0.3, -0.25) is 4.79 Å². The molecule has 0 spiro atoms. The first kappa shape index (κ1) is 17.9. The molecular weight excluding hydrogens is 334 g/mol. The van der Waals surface area contributed by atoms with Crippen LogP contribution in [0.1, 0.15) is 33.8 Å². The molecule has 23 heavy (non-hydrogen) atoms. The Balaban J connectivity index is 1.94. The van der Waals surface area contributed by atoms with E-state index < -0.39 is 0 Å². The van der Waals surface area contributed by atoms with E-state index in [9.17, 15) is 9.59 Å². The lowest BCUT2D eigenvalue weighted by Gasteiger charge is -2.17. The highest BCUT2D eigenvalue weighted by Crippen LogP contribution is 2.27. The fourth-order valence-corrected chi connectivity index (χ4v) is 3.99. The van der Waals surface area contributed by atoms with Crippen molar-refractivity contribution in [2.45, 2.75) is 25.7 Å². The Labute approximate surface area is 145 Å². The minimum absolute atomic E-state index is 0.265. The van der Waals surface area contributed by atoms with Gasteiger partial charge in [-0.1, -0.05) is 12.2 Å². The fourth-order valence-electron chi connectivity index (χ4n) is 2.76. The third-order valence-corrected chi connectivity index (χ3v) is 5.62. The molecule has 1 fully saturated rings. The third-order valence-electron chi connectivity index (χ3n) is 4.07. The zero-order valence-corrected chi connectivity index (χ0v) is 14.9. The first-order valence-corrected chi connectivity index (χ1v) is 8.80. The van der Waals surface area contributed by atoms with Crippen LogP contribution in [0, 0.1) is 11.8 Å². The van der Waals surface area contributed by atoms with E-state index in [0.29, 0.717) is 22.2 Å². The Morgan fingerprint density at radius 3 is 2.83 bits per heavy atom. The van der Waals surface area contributed by atoms with Crippen molar-refractivity contribution in [3.05, 3.63) is 21.9 Å². The molecule has 1 aromatic rings. The number of hydrogen-bond donors (Lipinski definition) is 1. The van der Waals surface area contributed by atoms with Crippen molar-refractivity contribution in [3.8, 4) is 0 Å². The molecule has 2 heterocycles. The summed E-state index contributed by atoms with van der Waals surface area (Å²) in [4.78, 5) is 25.7. The number of ether oxygens (including phenoxy) is 2. The summed E-state index contributed by atoms with van der Waals surface area (Å²) in [5.74, 6) is -0.512. The van der Waals surface area contributed by atoms with E-state index in [4.69, 9.17) is 21.7 Å². The van der Waals surface area contributed by atoms with Crippen LogP contribution in [0.25, 0.3) is 0 Å². The molecule has 0 bridgehead atoms. The van der Waals surface area contributed by atoms with Crippen LogP contribution in [0.3, 0.4) is 0 Å². The van der Waals surface area contributed by atoms with Crippen molar-refractivity contribution in [2.75, 3.05) is 20.8 Å². The monoisotopic (exact) mass is 355 g/mol. The maximum atomic E-state index is 11.9. The number of hydrogen-bond acceptors (Lipinski definition) is 6. The summed E-state index contributed by atoms with van der Waals surface area (Å²) in [6.45, 7) is 0.787. The summed E-state index contributed by atoms with van der Waals surface area (Å²) < 4.78 is 9.58. The summed E-state index contributed by atoms with van der Waals surface area (Å²) in [6.07, 6.45) is 3.53. The standard InChI is InChI=1S/C16H21NO4S2/c1-20-15(18)12-9-10(7-8-17-14(12)22)3-4-11-5-6-13(23-11)16(19)21-2/h5-6,10,12H,3-4,7-9H2,1-2H3,(H,17,22). The average Bonchev–Trinajstić information content (AvgIpc) is 2.96. The van der Waals surface area contributed by atoms with E-state index in [1.165, 1.54) is 25.6 Å². The Morgan fingerprint density at radius 1 is 1.35 bits per heavy atom. The normalized spacial score (nSPS) is 21.2. The van der Waals surface area contributed by atoms with Crippen molar-refractivity contribution in [1.29, 1.82) is 0 Å². The summed E-state index contributed by atoms with van der Waals surface area (Å²) in [5, 5.41) is 3.14. The van der Waals surface area contributed by atoms with Gasteiger partial charge in [0.25, 0.3) is 0 Å². The predicted octanol–water partition coefficient (Wildman–Crippen LogP) is 2.58. The second-order valence-electron chi connectivity index (χ2n) is 5.55. The van der Waals surface area contributed by atoms with Gasteiger partial charge in [-0.15, -0.1) is 11.3 Å². The zero-order chi connectivity index (χ0) is 16.8. The minimum atomic E-state index is -0.350. The molecule has 2 atom stereocenters. The Morgan fingerprint density at radius 2 is 2.13 bits per heavy atom. The lowest BCUT2D eigenvalue weighted by Crippen LogP contribution is -2.32. The van der Waals surface area contributed by atoms with Gasteiger partial charge in [-0.05, 0) is 43.7 Å². The van der Waals surface area contributed by atoms with Crippen LogP contribution in [-0.4, -0.2) is 37.7 Å². The molecule has 1 N–H and O–H groups in total. The van der Waals surface area contributed by atoms with E-state index in [2.05, 4.69) is 5.32 Å². The number of nitrogens with one attached hydrogen (secondary N) is 1. The van der Waals surface area contributed by atoms with Crippen molar-refractivity contribution < 1.29 is 19.1 Å². The molecule has 1 saturated heterocycles. The molecule has 5 nitrogen and oxygen atoms in total. The molecule has 126 valence electrons. The molecule has 1 aliphatic rings. The molecule has 0 saturated carbocycles. The van der Waals surface area contributed by atoms with Gasteiger partial charge >= 0.3 is 11.9 Å². The number of thiophene rings is 1. The van der Waals surface area contributed by atoms with Crippen molar-refractivity contribution >= 4 is 40.5 Å². The molecule has 0 aromatic carbocycles. The second kappa shape index (κ2) is 8.40. The lowest BCUT2D eigenvalue weighted by atomic mass is 9.89. The van der Waals surface area contributed by atoms with Crippen LogP contribution in [0.5, 0.6) is 0 Å². The van der Waals surface area contributed by atoms with E-state index in [1.807, 2.05) is 6.07 Å². The molecule has 1 aromatic heterocycles. The number of thiocarbonyl (C=S) groups is 1. The molecule has 0 aliphatic carbocycles. The summed E-state index contributed by atoms with van der Waals surface area (Å²) >= 11 is 6.73. The van der Waals surface area contributed by atoms with Crippen LogP contribution in [0.15, 0.2) is 12.1 Å². The van der Waals surface area contributed by atoms with Crippen LogP contribution in [0.4, 0.5) is 0 Å². The molecule has 2 unspecified atom stereocenters. The van der Waals surface area contributed by atoms with Gasteiger partial charge in [-0.2, -0.15) is 0 Å². The van der Waals surface area contributed by atoms with Gasteiger partial charge in [0.05, 0.1) is 19.2 Å². The molecule has 0 amide bonds. The number of rotatable bonds is 5. The van der Waals surface area contributed by atoms with Gasteiger partial charge in [-0.25, -0.2) is 4.79 Å². The second-order valence-corrected chi connectivity index (χ2v) is 7.16. The first-order chi connectivity index (χ1) is 11.0. The number of esters is 2. The first-order valence-electron chi connectivity index (χ1n) is 7.57. The molecule has 0 radical (unpaired) electrons. The minimum Gasteiger partial charge on any atom is -0.468 e. The van der Waals surface area contributed by atoms with E-state index in [1.54, 1.807) is 6.07 Å². The van der Waals surface area contributed by atoms with Crippen LogP contribution >= 0.6 is 23.6 Å². The number of carbonyl (C=O) groups excluding carboxylic acids is 2. The molecular formula is C16H21NO4S2. The molecule has 2 rings (SSSR count). The van der Waals surface area contributed by atoms with Gasteiger partial charge in [0.1, 0.15) is 10.8 Å². The van der Waals surface area contributed by atoms with E-state index >= 15 is 0 Å². The van der Waals surface area contributed by atoms with Gasteiger partial charge in [0.15, 0.2) is 0 Å². The van der Waals surface area contributed by atoms with Crippen LogP contribution < -0.4 is 5.32 Å². The molecule has 7 heteroatoms. The molecule has 1 aliphatic heterocycles. The zero-order valence-electron chi connectivity index (χ0n) is 13.3. The third kappa shape index (κ3) is 4.75. The highest BCUT2D eigenvalue weighted by atomic mass is 32.1. The smallest absolute Gasteiger partial charge is 0.348 e. The predicted molar refractivity (Wildman–Crippen MR) is 92.8 cm³/mol. The number of methoxy groups -OCH3 is 2. The maximum absolute atomic E-state index is 11.9. The van der Waals surface area contributed by atoms with Gasteiger partial charge in [0, 0.05) is 11.4 Å². The van der Waals surface area contributed by atoms with E-state index in [-0.39, 0.29) is 17.9 Å². The van der Waals surface area contributed by atoms with Crippen molar-refractivity contribution in [3.63, 3.8) is 0 Å². The summed E-state index contributed by atoms with van der Waals surface area (Å²) in [5.41, 5.74) is 0. The maximum Gasteiger partial charge on any atom is 0.348 e.